The predicted octanol–water partition coefficient (Wildman–Crippen LogP) is 5.51. The van der Waals surface area contributed by atoms with E-state index in [2.05, 4.69) is 37.3 Å². The third-order valence-corrected chi connectivity index (χ3v) is 3.83. The molecule has 20 heavy (non-hydrogen) atoms. The van der Waals surface area contributed by atoms with Gasteiger partial charge in [0.2, 0.25) is 0 Å². The van der Waals surface area contributed by atoms with Gasteiger partial charge in [0, 0.05) is 6.04 Å². The van der Waals surface area contributed by atoms with Crippen molar-refractivity contribution in [3.63, 3.8) is 0 Å². The Hall–Kier alpha value is -0.530. The zero-order valence-corrected chi connectivity index (χ0v) is 13.8. The highest BCUT2D eigenvalue weighted by Gasteiger charge is 2.03. The van der Waals surface area contributed by atoms with E-state index < -0.39 is 0 Å². The van der Waals surface area contributed by atoms with Gasteiger partial charge in [-0.05, 0) is 24.8 Å². The van der Waals surface area contributed by atoms with Crippen LogP contribution in [0.1, 0.15) is 70.3 Å². The molecule has 1 nitrogen and oxygen atoms in total. The van der Waals surface area contributed by atoms with E-state index in [1.807, 2.05) is 0 Å². The van der Waals surface area contributed by atoms with E-state index in [9.17, 15) is 0 Å². The van der Waals surface area contributed by atoms with Crippen LogP contribution in [0.15, 0.2) is 30.3 Å². The molecule has 0 bridgehead atoms. The fourth-order valence-electron chi connectivity index (χ4n) is 2.50. The van der Waals surface area contributed by atoms with Gasteiger partial charge in [0.05, 0.1) is 0 Å². The van der Waals surface area contributed by atoms with Crippen molar-refractivity contribution in [2.24, 2.45) is 5.73 Å². The largest absolute Gasteiger partial charge is 0.328 e. The average Bonchev–Trinajstić information content (AvgIpc) is 2.45. The van der Waals surface area contributed by atoms with Crippen molar-refractivity contribution in [2.75, 3.05) is 0 Å². The topological polar surface area (TPSA) is 26.0 Å². The third-order valence-electron chi connectivity index (χ3n) is 3.83. The summed E-state index contributed by atoms with van der Waals surface area (Å²) in [7, 11) is 0. The van der Waals surface area contributed by atoms with Gasteiger partial charge in [-0.3, -0.25) is 0 Å². The fourth-order valence-corrected chi connectivity index (χ4v) is 2.50. The molecule has 0 heterocycles. The second kappa shape index (κ2) is 13.5. The Bertz CT molecular complexity index is 300. The summed E-state index contributed by atoms with van der Waals surface area (Å²) in [5, 5.41) is 0. The molecule has 0 spiro atoms. The first kappa shape index (κ1) is 19.5. The maximum absolute atomic E-state index is 6.18. The molecule has 1 unspecified atom stereocenters. The zero-order chi connectivity index (χ0) is 13.8. The summed E-state index contributed by atoms with van der Waals surface area (Å²) in [5.41, 5.74) is 7.60. The normalized spacial score (nSPS) is 11.9. The van der Waals surface area contributed by atoms with E-state index in [1.54, 1.807) is 0 Å². The summed E-state index contributed by atoms with van der Waals surface area (Å²) in [6.45, 7) is 2.27. The van der Waals surface area contributed by atoms with Crippen LogP contribution in [0.25, 0.3) is 0 Å². The molecule has 0 saturated heterocycles. The van der Waals surface area contributed by atoms with E-state index in [0.717, 1.165) is 12.8 Å². The van der Waals surface area contributed by atoms with E-state index >= 15 is 0 Å². The molecule has 0 saturated carbocycles. The number of unbranched alkanes of at least 4 members (excludes halogenated alkanes) is 6. The molecule has 0 aromatic heterocycles. The molecular formula is C18H32ClN. The number of nitrogens with two attached hydrogens (primary N) is 1. The van der Waals surface area contributed by atoms with Gasteiger partial charge in [-0.25, -0.2) is 0 Å². The summed E-state index contributed by atoms with van der Waals surface area (Å²) in [5.74, 6) is 0. The molecule has 2 heteroatoms. The minimum absolute atomic E-state index is 0. The molecule has 0 radical (unpaired) electrons. The molecule has 0 amide bonds. The lowest BCUT2D eigenvalue weighted by atomic mass is 10.0. The lowest BCUT2D eigenvalue weighted by Crippen LogP contribution is -2.20. The Morgan fingerprint density at radius 1 is 0.850 bits per heavy atom. The molecule has 0 fully saturated rings. The lowest BCUT2D eigenvalue weighted by molar-refractivity contribution is 0.510. The summed E-state index contributed by atoms with van der Waals surface area (Å²) in [6, 6.07) is 11.1. The van der Waals surface area contributed by atoms with Crippen molar-refractivity contribution in [2.45, 2.75) is 77.2 Å². The summed E-state index contributed by atoms with van der Waals surface area (Å²) < 4.78 is 0. The number of hydrogen-bond donors (Lipinski definition) is 1. The Morgan fingerprint density at radius 3 is 2.10 bits per heavy atom. The fraction of sp³-hybridized carbons (Fsp3) is 0.667. The summed E-state index contributed by atoms with van der Waals surface area (Å²) in [4.78, 5) is 0. The van der Waals surface area contributed by atoms with Gasteiger partial charge in [0.1, 0.15) is 0 Å². The third kappa shape index (κ3) is 10.3. The quantitative estimate of drug-likeness (QED) is 0.536. The number of benzene rings is 1. The Labute approximate surface area is 131 Å². The van der Waals surface area contributed by atoms with Crippen LogP contribution in [0, 0.1) is 0 Å². The van der Waals surface area contributed by atoms with Crippen molar-refractivity contribution in [1.29, 1.82) is 0 Å². The number of hydrogen-bond acceptors (Lipinski definition) is 1. The minimum atomic E-state index is 0. The lowest BCUT2D eigenvalue weighted by Gasteiger charge is -2.11. The summed E-state index contributed by atoms with van der Waals surface area (Å²) >= 11 is 0. The van der Waals surface area contributed by atoms with Crippen LogP contribution >= 0.6 is 12.4 Å². The monoisotopic (exact) mass is 297 g/mol. The van der Waals surface area contributed by atoms with Gasteiger partial charge in [-0.15, -0.1) is 12.4 Å². The van der Waals surface area contributed by atoms with Gasteiger partial charge in [0.25, 0.3) is 0 Å². The van der Waals surface area contributed by atoms with Crippen molar-refractivity contribution in [3.8, 4) is 0 Å². The molecule has 116 valence electrons. The number of halogens is 1. The van der Waals surface area contributed by atoms with E-state index in [0.29, 0.717) is 6.04 Å². The smallest absolute Gasteiger partial charge is 0.00419 e. The first-order valence-corrected chi connectivity index (χ1v) is 8.12. The van der Waals surface area contributed by atoms with E-state index in [-0.39, 0.29) is 12.4 Å². The maximum atomic E-state index is 6.18. The van der Waals surface area contributed by atoms with E-state index in [1.165, 1.54) is 56.9 Å². The highest BCUT2D eigenvalue weighted by atomic mass is 35.5. The highest BCUT2D eigenvalue weighted by Crippen LogP contribution is 2.11. The van der Waals surface area contributed by atoms with Gasteiger partial charge < -0.3 is 5.73 Å². The number of rotatable bonds is 11. The Morgan fingerprint density at radius 2 is 1.45 bits per heavy atom. The molecule has 0 aliphatic heterocycles. The predicted molar refractivity (Wildman–Crippen MR) is 92.6 cm³/mol. The van der Waals surface area contributed by atoms with Crippen LogP contribution in [0.3, 0.4) is 0 Å². The van der Waals surface area contributed by atoms with Crippen LogP contribution in [0.4, 0.5) is 0 Å². The molecule has 0 aliphatic rings. The van der Waals surface area contributed by atoms with Crippen LogP contribution in [-0.2, 0) is 6.42 Å². The van der Waals surface area contributed by atoms with Crippen LogP contribution in [-0.4, -0.2) is 6.04 Å². The van der Waals surface area contributed by atoms with Crippen molar-refractivity contribution in [3.05, 3.63) is 35.9 Å². The number of aryl methyl sites for hydroxylation is 1. The minimum Gasteiger partial charge on any atom is -0.328 e. The van der Waals surface area contributed by atoms with Crippen LogP contribution in [0.5, 0.6) is 0 Å². The molecule has 0 aliphatic carbocycles. The second-order valence-corrected chi connectivity index (χ2v) is 5.69. The SMILES string of the molecule is CCCCCCCCCC(N)CCc1ccccc1.Cl. The maximum Gasteiger partial charge on any atom is 0.00419 e. The highest BCUT2D eigenvalue weighted by molar-refractivity contribution is 5.85. The molecule has 1 rings (SSSR count). The molecule has 2 N–H and O–H groups in total. The van der Waals surface area contributed by atoms with Crippen LogP contribution < -0.4 is 5.73 Å². The Balaban J connectivity index is 0.00000361. The van der Waals surface area contributed by atoms with Crippen molar-refractivity contribution >= 4 is 12.4 Å². The van der Waals surface area contributed by atoms with Crippen molar-refractivity contribution in [1.82, 2.24) is 0 Å². The molecule has 1 aromatic rings. The van der Waals surface area contributed by atoms with Gasteiger partial charge >= 0.3 is 0 Å². The standard InChI is InChI=1S/C18H31N.ClH/c1-2-3-4-5-6-7-11-14-18(19)16-15-17-12-9-8-10-13-17;/h8-10,12-13,18H,2-7,11,14-16,19H2,1H3;1H. The van der Waals surface area contributed by atoms with Crippen molar-refractivity contribution < 1.29 is 0 Å². The zero-order valence-electron chi connectivity index (χ0n) is 13.0. The summed E-state index contributed by atoms with van der Waals surface area (Å²) in [6.07, 6.45) is 13.1. The average molecular weight is 298 g/mol. The molecule has 1 aromatic carbocycles. The van der Waals surface area contributed by atoms with Crippen LogP contribution in [0.2, 0.25) is 0 Å². The van der Waals surface area contributed by atoms with E-state index in [4.69, 9.17) is 5.73 Å². The second-order valence-electron chi connectivity index (χ2n) is 5.69. The molecule has 1 atom stereocenters. The van der Waals surface area contributed by atoms with Gasteiger partial charge in [0.15, 0.2) is 0 Å². The van der Waals surface area contributed by atoms with Gasteiger partial charge in [-0.1, -0.05) is 82.2 Å². The Kier molecular flexibility index (Phi) is 13.1. The van der Waals surface area contributed by atoms with Gasteiger partial charge in [-0.2, -0.15) is 0 Å². The first-order chi connectivity index (χ1) is 9.33. The molecular weight excluding hydrogens is 266 g/mol. The first-order valence-electron chi connectivity index (χ1n) is 8.12.